The number of amides is 3. The fraction of sp³-hybridized carbons (Fsp3) is 0.700. The number of hydrogen-bond acceptors (Lipinski definition) is 3. The SMILES string of the molecule is CC(NC(=O)NCC1CCC(=O)N1)(C(=O)O)C(F)(F)F. The van der Waals surface area contributed by atoms with Crippen LogP contribution >= 0.6 is 0 Å². The van der Waals surface area contributed by atoms with E-state index in [0.29, 0.717) is 13.3 Å². The van der Waals surface area contributed by atoms with Gasteiger partial charge in [-0.3, -0.25) is 4.79 Å². The molecule has 0 aromatic rings. The van der Waals surface area contributed by atoms with Gasteiger partial charge in [-0.05, 0) is 13.3 Å². The van der Waals surface area contributed by atoms with E-state index in [2.05, 4.69) is 10.6 Å². The summed E-state index contributed by atoms with van der Waals surface area (Å²) in [6.07, 6.45) is -4.41. The molecule has 7 nitrogen and oxygen atoms in total. The van der Waals surface area contributed by atoms with Crippen molar-refractivity contribution in [3.8, 4) is 0 Å². The molecule has 0 aromatic carbocycles. The van der Waals surface area contributed by atoms with Crippen molar-refractivity contribution in [3.05, 3.63) is 0 Å². The first kappa shape index (κ1) is 16.1. The molecule has 2 atom stereocenters. The van der Waals surface area contributed by atoms with E-state index in [4.69, 9.17) is 5.11 Å². The number of halogens is 3. The first-order valence-electron chi connectivity index (χ1n) is 5.72. The molecule has 0 radical (unpaired) electrons. The van der Waals surface area contributed by atoms with Crippen molar-refractivity contribution >= 4 is 17.9 Å². The minimum absolute atomic E-state index is 0.0782. The quantitative estimate of drug-likeness (QED) is 0.584. The second-order valence-corrected chi connectivity index (χ2v) is 4.57. The van der Waals surface area contributed by atoms with Crippen LogP contribution in [0.4, 0.5) is 18.0 Å². The lowest BCUT2D eigenvalue weighted by atomic mass is 10.0. The van der Waals surface area contributed by atoms with Crippen LogP contribution in [0.1, 0.15) is 19.8 Å². The first-order chi connectivity index (χ1) is 9.06. The van der Waals surface area contributed by atoms with Crippen LogP contribution in [0.2, 0.25) is 0 Å². The van der Waals surface area contributed by atoms with Gasteiger partial charge in [-0.15, -0.1) is 0 Å². The fourth-order valence-electron chi connectivity index (χ4n) is 1.56. The summed E-state index contributed by atoms with van der Waals surface area (Å²) >= 11 is 0. The van der Waals surface area contributed by atoms with Crippen LogP contribution in [0.3, 0.4) is 0 Å². The molecule has 0 aliphatic carbocycles. The highest BCUT2D eigenvalue weighted by molar-refractivity contribution is 5.86. The second-order valence-electron chi connectivity index (χ2n) is 4.57. The molecule has 1 aliphatic rings. The third-order valence-electron chi connectivity index (χ3n) is 2.95. The first-order valence-corrected chi connectivity index (χ1v) is 5.72. The Labute approximate surface area is 111 Å². The van der Waals surface area contributed by atoms with Gasteiger partial charge < -0.3 is 21.1 Å². The maximum Gasteiger partial charge on any atom is 0.422 e. The van der Waals surface area contributed by atoms with E-state index < -0.39 is 23.7 Å². The van der Waals surface area contributed by atoms with Crippen LogP contribution in [0.5, 0.6) is 0 Å². The summed E-state index contributed by atoms with van der Waals surface area (Å²) in [5.74, 6) is -2.42. The summed E-state index contributed by atoms with van der Waals surface area (Å²) in [6.45, 7) is 0.275. The van der Waals surface area contributed by atoms with Gasteiger partial charge in [0.15, 0.2) is 0 Å². The Balaban J connectivity index is 2.55. The topological polar surface area (TPSA) is 108 Å². The zero-order valence-corrected chi connectivity index (χ0v) is 10.5. The van der Waals surface area contributed by atoms with Gasteiger partial charge in [-0.1, -0.05) is 0 Å². The van der Waals surface area contributed by atoms with E-state index in [1.807, 2.05) is 0 Å². The smallest absolute Gasteiger partial charge is 0.422 e. The van der Waals surface area contributed by atoms with Crippen molar-refractivity contribution in [1.29, 1.82) is 0 Å². The zero-order chi connectivity index (χ0) is 15.6. The molecular formula is C10H14F3N3O4. The lowest BCUT2D eigenvalue weighted by molar-refractivity contribution is -0.203. The zero-order valence-electron chi connectivity index (χ0n) is 10.5. The Morgan fingerprint density at radius 2 is 2.05 bits per heavy atom. The molecule has 20 heavy (non-hydrogen) atoms. The average molecular weight is 297 g/mol. The largest absolute Gasteiger partial charge is 0.479 e. The second kappa shape index (κ2) is 5.55. The summed E-state index contributed by atoms with van der Waals surface area (Å²) in [6, 6.07) is -1.64. The third-order valence-corrected chi connectivity index (χ3v) is 2.95. The van der Waals surface area contributed by atoms with Crippen molar-refractivity contribution in [2.45, 2.75) is 37.5 Å². The highest BCUT2D eigenvalue weighted by atomic mass is 19.4. The van der Waals surface area contributed by atoms with Gasteiger partial charge in [-0.25, -0.2) is 9.59 Å². The van der Waals surface area contributed by atoms with Crippen LogP contribution in [0, 0.1) is 0 Å². The molecule has 0 aromatic heterocycles. The van der Waals surface area contributed by atoms with Gasteiger partial charge in [0.1, 0.15) is 0 Å². The molecule has 10 heteroatoms. The Hall–Kier alpha value is -2.00. The highest BCUT2D eigenvalue weighted by Gasteiger charge is 2.58. The number of hydrogen-bond donors (Lipinski definition) is 4. The van der Waals surface area contributed by atoms with Crippen LogP contribution < -0.4 is 16.0 Å². The number of rotatable bonds is 4. The minimum atomic E-state index is -5.14. The molecular weight excluding hydrogens is 283 g/mol. The molecule has 1 fully saturated rings. The molecule has 1 rings (SSSR count). The van der Waals surface area contributed by atoms with Gasteiger partial charge in [0.2, 0.25) is 11.4 Å². The van der Waals surface area contributed by atoms with Gasteiger partial charge in [-0.2, -0.15) is 13.2 Å². The number of aliphatic carboxylic acids is 1. The molecule has 0 saturated carbocycles. The van der Waals surface area contributed by atoms with E-state index in [9.17, 15) is 27.6 Å². The van der Waals surface area contributed by atoms with E-state index >= 15 is 0 Å². The van der Waals surface area contributed by atoms with E-state index in [-0.39, 0.29) is 24.9 Å². The van der Waals surface area contributed by atoms with Crippen molar-refractivity contribution in [3.63, 3.8) is 0 Å². The predicted octanol–water partition coefficient (Wildman–Crippen LogP) is -0.0302. The molecule has 4 N–H and O–H groups in total. The molecule has 0 spiro atoms. The Morgan fingerprint density at radius 1 is 1.45 bits per heavy atom. The molecule has 3 amide bonds. The maximum absolute atomic E-state index is 12.6. The third kappa shape index (κ3) is 3.52. The van der Waals surface area contributed by atoms with Crippen molar-refractivity contribution < 1.29 is 32.7 Å². The molecule has 1 heterocycles. The Bertz CT molecular complexity index is 426. The lowest BCUT2D eigenvalue weighted by Gasteiger charge is -2.28. The molecule has 2 unspecified atom stereocenters. The van der Waals surface area contributed by atoms with Gasteiger partial charge in [0, 0.05) is 19.0 Å². The summed E-state index contributed by atoms with van der Waals surface area (Å²) in [5, 5.41) is 14.6. The number of carboxylic acid groups (broad SMARTS) is 1. The monoisotopic (exact) mass is 297 g/mol. The summed E-state index contributed by atoms with van der Waals surface area (Å²) in [7, 11) is 0. The lowest BCUT2D eigenvalue weighted by Crippen LogP contribution is -2.64. The maximum atomic E-state index is 12.6. The van der Waals surface area contributed by atoms with Crippen LogP contribution in [-0.2, 0) is 9.59 Å². The highest BCUT2D eigenvalue weighted by Crippen LogP contribution is 2.30. The van der Waals surface area contributed by atoms with Crippen molar-refractivity contribution in [2.75, 3.05) is 6.54 Å². The van der Waals surface area contributed by atoms with Crippen molar-refractivity contribution in [1.82, 2.24) is 16.0 Å². The number of alkyl halides is 3. The molecule has 114 valence electrons. The number of urea groups is 1. The minimum Gasteiger partial charge on any atom is -0.479 e. The van der Waals surface area contributed by atoms with E-state index in [0.717, 1.165) is 0 Å². The van der Waals surface area contributed by atoms with Crippen LogP contribution in [-0.4, -0.2) is 47.3 Å². The molecule has 1 saturated heterocycles. The van der Waals surface area contributed by atoms with Crippen molar-refractivity contribution in [2.24, 2.45) is 0 Å². The Kier molecular flexibility index (Phi) is 4.46. The number of carbonyl (C=O) groups is 3. The average Bonchev–Trinajstić information content (AvgIpc) is 2.70. The number of carboxylic acids is 1. The normalized spacial score (nSPS) is 21.8. The number of nitrogens with one attached hydrogen (secondary N) is 3. The van der Waals surface area contributed by atoms with E-state index in [1.165, 1.54) is 5.32 Å². The van der Waals surface area contributed by atoms with Gasteiger partial charge in [0.25, 0.3) is 0 Å². The van der Waals surface area contributed by atoms with Crippen LogP contribution in [0.15, 0.2) is 0 Å². The van der Waals surface area contributed by atoms with Gasteiger partial charge in [0.05, 0.1) is 0 Å². The summed E-state index contributed by atoms with van der Waals surface area (Å²) < 4.78 is 37.9. The van der Waals surface area contributed by atoms with E-state index in [1.54, 1.807) is 0 Å². The molecule has 1 aliphatic heterocycles. The number of carbonyl (C=O) groups excluding carboxylic acids is 2. The van der Waals surface area contributed by atoms with Crippen LogP contribution in [0.25, 0.3) is 0 Å². The molecule has 0 bridgehead atoms. The Morgan fingerprint density at radius 3 is 2.45 bits per heavy atom. The summed E-state index contributed by atoms with van der Waals surface area (Å²) in [4.78, 5) is 32.9. The summed E-state index contributed by atoms with van der Waals surface area (Å²) in [5.41, 5.74) is -3.38. The standard InChI is InChI=1S/C10H14F3N3O4/c1-9(7(18)19,10(11,12)13)16-8(20)14-4-5-2-3-6(17)15-5/h5H,2-4H2,1H3,(H,15,17)(H,18,19)(H2,14,16,20). The predicted molar refractivity (Wildman–Crippen MR) is 59.8 cm³/mol. The fourth-order valence-corrected chi connectivity index (χ4v) is 1.56. The van der Waals surface area contributed by atoms with Gasteiger partial charge >= 0.3 is 18.2 Å².